The number of aryl methyl sites for hydroxylation is 2. The highest BCUT2D eigenvalue weighted by Gasteiger charge is 2.28. The van der Waals surface area contributed by atoms with Crippen LogP contribution in [0.15, 0.2) is 47.4 Å². The number of carbonyl (C=O) groups excluding carboxylic acids is 1. The summed E-state index contributed by atoms with van der Waals surface area (Å²) in [5.41, 5.74) is 2.23. The number of ether oxygens (including phenoxy) is 1. The van der Waals surface area contributed by atoms with Crippen LogP contribution >= 0.6 is 0 Å². The molecule has 0 unspecified atom stereocenters. The van der Waals surface area contributed by atoms with Crippen molar-refractivity contribution < 1.29 is 17.9 Å². The van der Waals surface area contributed by atoms with E-state index in [1.807, 2.05) is 45.2 Å². The molecule has 0 spiro atoms. The predicted molar refractivity (Wildman–Crippen MR) is 121 cm³/mol. The predicted octanol–water partition coefficient (Wildman–Crippen LogP) is 2.44. The summed E-state index contributed by atoms with van der Waals surface area (Å²) < 4.78 is 33.3. The fraction of sp³-hybridized carbons (Fsp3) is 0.435. The molecule has 0 saturated carbocycles. The van der Waals surface area contributed by atoms with Crippen LogP contribution in [0.5, 0.6) is 5.75 Å². The van der Waals surface area contributed by atoms with E-state index in [1.165, 1.54) is 10.4 Å². The van der Waals surface area contributed by atoms with Crippen molar-refractivity contribution in [3.05, 3.63) is 59.2 Å². The summed E-state index contributed by atoms with van der Waals surface area (Å²) in [4.78, 5) is 15.1. The van der Waals surface area contributed by atoms with Crippen molar-refractivity contribution in [2.45, 2.75) is 31.7 Å². The molecule has 1 amide bonds. The Morgan fingerprint density at radius 2 is 1.71 bits per heavy atom. The number of benzene rings is 2. The summed E-state index contributed by atoms with van der Waals surface area (Å²) in [7, 11) is -1.66. The molecule has 1 aliphatic heterocycles. The number of hydrogen-bond donors (Lipinski definition) is 1. The Kier molecular flexibility index (Phi) is 7.35. The third kappa shape index (κ3) is 5.84. The molecular formula is C23H31N3O4S. The molecule has 31 heavy (non-hydrogen) atoms. The first kappa shape index (κ1) is 23.2. The minimum absolute atomic E-state index is 0.149. The Morgan fingerprint density at radius 1 is 1.06 bits per heavy atom. The fourth-order valence-electron chi connectivity index (χ4n) is 3.38. The molecule has 0 radical (unpaired) electrons. The lowest BCUT2D eigenvalue weighted by Crippen LogP contribution is -2.47. The lowest BCUT2D eigenvalue weighted by atomic mass is 10.1. The molecule has 168 valence electrons. The average Bonchev–Trinajstić information content (AvgIpc) is 2.73. The Hall–Kier alpha value is -2.42. The quantitative estimate of drug-likeness (QED) is 0.708. The van der Waals surface area contributed by atoms with Gasteiger partial charge in [0.1, 0.15) is 12.4 Å². The van der Waals surface area contributed by atoms with E-state index in [2.05, 4.69) is 10.2 Å². The van der Waals surface area contributed by atoms with E-state index in [4.69, 9.17) is 4.74 Å². The van der Waals surface area contributed by atoms with Gasteiger partial charge in [0.2, 0.25) is 10.0 Å². The number of piperazine rings is 1. The van der Waals surface area contributed by atoms with Crippen LogP contribution in [0.25, 0.3) is 0 Å². The second-order valence-corrected chi connectivity index (χ2v) is 10.1. The highest BCUT2D eigenvalue weighted by molar-refractivity contribution is 7.89. The van der Waals surface area contributed by atoms with E-state index in [9.17, 15) is 13.2 Å². The second-order valence-electron chi connectivity index (χ2n) is 8.18. The number of nitrogens with zero attached hydrogens (tertiary/aromatic N) is 2. The number of likely N-dealkylation sites (N-methyl/N-ethyl adjacent to an activating group) is 1. The number of amides is 1. The third-order valence-electron chi connectivity index (χ3n) is 5.45. The van der Waals surface area contributed by atoms with E-state index in [-0.39, 0.29) is 16.8 Å². The van der Waals surface area contributed by atoms with Crippen molar-refractivity contribution in [2.75, 3.05) is 39.8 Å². The molecular weight excluding hydrogens is 414 g/mol. The number of hydrogen-bond acceptors (Lipinski definition) is 5. The molecule has 2 aromatic carbocycles. The van der Waals surface area contributed by atoms with Crippen LogP contribution in [0.1, 0.15) is 28.4 Å². The first-order chi connectivity index (χ1) is 14.7. The highest BCUT2D eigenvalue weighted by atomic mass is 32.2. The Bertz CT molecular complexity index is 1010. The monoisotopic (exact) mass is 445 g/mol. The van der Waals surface area contributed by atoms with Crippen molar-refractivity contribution in [3.8, 4) is 5.75 Å². The molecule has 1 aliphatic rings. The molecule has 1 atom stereocenters. The zero-order valence-corrected chi connectivity index (χ0v) is 19.4. The van der Waals surface area contributed by atoms with Gasteiger partial charge >= 0.3 is 0 Å². The second kappa shape index (κ2) is 9.80. The zero-order chi connectivity index (χ0) is 22.6. The van der Waals surface area contributed by atoms with Gasteiger partial charge in [0.15, 0.2) is 0 Å². The summed E-state index contributed by atoms with van der Waals surface area (Å²) >= 11 is 0. The van der Waals surface area contributed by atoms with Crippen molar-refractivity contribution in [1.82, 2.24) is 14.5 Å². The fourth-order valence-corrected chi connectivity index (χ4v) is 4.83. The lowest BCUT2D eigenvalue weighted by molar-refractivity contribution is 0.0926. The Balaban J connectivity index is 1.67. The lowest BCUT2D eigenvalue weighted by Gasteiger charge is -2.31. The summed E-state index contributed by atoms with van der Waals surface area (Å²) in [5.74, 6) is 0.427. The summed E-state index contributed by atoms with van der Waals surface area (Å²) in [6.07, 6.45) is 0. The largest absolute Gasteiger partial charge is 0.491 e. The van der Waals surface area contributed by atoms with Crippen LogP contribution in [-0.4, -0.2) is 69.4 Å². The van der Waals surface area contributed by atoms with E-state index in [0.717, 1.165) is 16.9 Å². The summed E-state index contributed by atoms with van der Waals surface area (Å²) in [5, 5.41) is 2.90. The van der Waals surface area contributed by atoms with Crippen LogP contribution in [0, 0.1) is 13.8 Å². The molecule has 0 aromatic heterocycles. The third-order valence-corrected chi connectivity index (χ3v) is 7.35. The van der Waals surface area contributed by atoms with Gasteiger partial charge in [-0.15, -0.1) is 0 Å². The van der Waals surface area contributed by atoms with E-state index in [1.54, 1.807) is 19.1 Å². The van der Waals surface area contributed by atoms with Gasteiger partial charge < -0.3 is 15.0 Å². The van der Waals surface area contributed by atoms with Gasteiger partial charge in [-0.3, -0.25) is 4.79 Å². The molecule has 1 N–H and O–H groups in total. The molecule has 1 fully saturated rings. The number of carbonyl (C=O) groups is 1. The van der Waals surface area contributed by atoms with Crippen LogP contribution in [-0.2, 0) is 10.0 Å². The molecule has 0 aliphatic carbocycles. The summed E-state index contributed by atoms with van der Waals surface area (Å²) in [6.45, 7) is 8.25. The van der Waals surface area contributed by atoms with E-state index in [0.29, 0.717) is 38.3 Å². The topological polar surface area (TPSA) is 78.9 Å². The number of sulfonamides is 1. The van der Waals surface area contributed by atoms with E-state index < -0.39 is 10.0 Å². The minimum atomic E-state index is -3.63. The normalized spacial score (nSPS) is 16.6. The van der Waals surface area contributed by atoms with Crippen LogP contribution in [0.3, 0.4) is 0 Å². The average molecular weight is 446 g/mol. The van der Waals surface area contributed by atoms with Crippen molar-refractivity contribution in [3.63, 3.8) is 0 Å². The molecule has 3 rings (SSSR count). The Labute approximate surface area is 185 Å². The molecule has 1 saturated heterocycles. The Morgan fingerprint density at radius 3 is 2.35 bits per heavy atom. The van der Waals surface area contributed by atoms with Gasteiger partial charge in [0.05, 0.1) is 10.9 Å². The standard InChI is InChI=1S/C23H31N3O4S/c1-17-5-8-20(9-6-17)30-16-19(3)24-23(27)22-15-21(10-7-18(22)2)31(28,29)26-13-11-25(4)12-14-26/h5-10,15,19H,11-14,16H2,1-4H3,(H,24,27)/t19-/m0/s1. The molecule has 1 heterocycles. The van der Waals surface area contributed by atoms with Crippen LogP contribution < -0.4 is 10.1 Å². The van der Waals surface area contributed by atoms with Gasteiger partial charge in [-0.1, -0.05) is 23.8 Å². The van der Waals surface area contributed by atoms with Gasteiger partial charge in [-0.05, 0) is 57.6 Å². The van der Waals surface area contributed by atoms with Crippen molar-refractivity contribution in [1.29, 1.82) is 0 Å². The first-order valence-corrected chi connectivity index (χ1v) is 11.9. The number of nitrogens with one attached hydrogen (secondary N) is 1. The van der Waals surface area contributed by atoms with E-state index >= 15 is 0 Å². The van der Waals surface area contributed by atoms with Crippen LogP contribution in [0.4, 0.5) is 0 Å². The smallest absolute Gasteiger partial charge is 0.251 e. The van der Waals surface area contributed by atoms with Gasteiger partial charge in [0, 0.05) is 31.7 Å². The zero-order valence-electron chi connectivity index (χ0n) is 18.6. The SMILES string of the molecule is Cc1ccc(OC[C@H](C)NC(=O)c2cc(S(=O)(=O)N3CCN(C)CC3)ccc2C)cc1. The molecule has 7 nitrogen and oxygen atoms in total. The summed E-state index contributed by atoms with van der Waals surface area (Å²) in [6, 6.07) is 12.2. The highest BCUT2D eigenvalue weighted by Crippen LogP contribution is 2.21. The minimum Gasteiger partial charge on any atom is -0.491 e. The maximum absolute atomic E-state index is 13.0. The first-order valence-electron chi connectivity index (χ1n) is 10.5. The maximum atomic E-state index is 13.0. The molecule has 2 aromatic rings. The van der Waals surface area contributed by atoms with Gasteiger partial charge in [-0.2, -0.15) is 4.31 Å². The van der Waals surface area contributed by atoms with Crippen molar-refractivity contribution in [2.24, 2.45) is 0 Å². The molecule has 8 heteroatoms. The number of rotatable bonds is 7. The van der Waals surface area contributed by atoms with Gasteiger partial charge in [0.25, 0.3) is 5.91 Å². The van der Waals surface area contributed by atoms with Crippen LogP contribution in [0.2, 0.25) is 0 Å². The van der Waals surface area contributed by atoms with Gasteiger partial charge in [-0.25, -0.2) is 8.42 Å². The molecule has 0 bridgehead atoms. The van der Waals surface area contributed by atoms with Crippen molar-refractivity contribution >= 4 is 15.9 Å². The maximum Gasteiger partial charge on any atom is 0.251 e.